The number of carbonyl (C=O) groups is 4. The topological polar surface area (TPSA) is 145 Å². The Labute approximate surface area is 262 Å². The molecule has 0 atom stereocenters. The largest absolute Gasteiger partial charge is 0.493 e. The highest BCUT2D eigenvalue weighted by atomic mass is 16.6. The van der Waals surface area contributed by atoms with Gasteiger partial charge in [0.1, 0.15) is 22.7 Å². The lowest BCUT2D eigenvalue weighted by Crippen LogP contribution is -2.33. The summed E-state index contributed by atoms with van der Waals surface area (Å²) in [7, 11) is 3.83. The van der Waals surface area contributed by atoms with E-state index < -0.39 is 23.4 Å². The standard InChI is InChI=1S/C32H54N4O8/c1-31(2,3)43-29(39)34-15-11-9-13-19-41-26-22-27(25(21-24(26)23-37)28(38)33-17-18-36(7)8)42-20-14-10-12-16-35-30(40)44-32(4,5)6/h21-23H,9-20H2,1-8H3,(H,33,38)(H,34,39)(H,35,40). The summed E-state index contributed by atoms with van der Waals surface area (Å²) in [5.41, 5.74) is -0.565. The number of hydrogen-bond donors (Lipinski definition) is 3. The van der Waals surface area contributed by atoms with Crippen LogP contribution in [0.1, 0.15) is 101 Å². The summed E-state index contributed by atoms with van der Waals surface area (Å²) in [6, 6.07) is 3.09. The van der Waals surface area contributed by atoms with Gasteiger partial charge in [-0.2, -0.15) is 0 Å². The third-order valence-corrected chi connectivity index (χ3v) is 5.82. The van der Waals surface area contributed by atoms with Gasteiger partial charge in [0, 0.05) is 32.2 Å². The highest BCUT2D eigenvalue weighted by Gasteiger charge is 2.19. The fraction of sp³-hybridized carbons (Fsp3) is 0.688. The molecule has 3 N–H and O–H groups in total. The lowest BCUT2D eigenvalue weighted by Gasteiger charge is -2.19. The van der Waals surface area contributed by atoms with Crippen molar-refractivity contribution in [2.45, 2.75) is 91.3 Å². The number of rotatable bonds is 19. The molecule has 1 aromatic carbocycles. The zero-order valence-corrected chi connectivity index (χ0v) is 27.9. The molecule has 0 aliphatic carbocycles. The summed E-state index contributed by atoms with van der Waals surface area (Å²) in [4.78, 5) is 50.4. The van der Waals surface area contributed by atoms with Crippen molar-refractivity contribution in [2.24, 2.45) is 0 Å². The quantitative estimate of drug-likeness (QED) is 0.144. The summed E-state index contributed by atoms with van der Waals surface area (Å²) in [5.74, 6) is 0.338. The third-order valence-electron chi connectivity index (χ3n) is 5.82. The Kier molecular flexibility index (Phi) is 17.2. The third kappa shape index (κ3) is 18.2. The molecular weight excluding hydrogens is 568 g/mol. The maximum Gasteiger partial charge on any atom is 0.407 e. The van der Waals surface area contributed by atoms with E-state index in [0.717, 1.165) is 25.7 Å². The minimum Gasteiger partial charge on any atom is -0.493 e. The van der Waals surface area contributed by atoms with Crippen LogP contribution in [-0.4, -0.2) is 94.0 Å². The normalized spacial score (nSPS) is 11.5. The van der Waals surface area contributed by atoms with E-state index >= 15 is 0 Å². The van der Waals surface area contributed by atoms with Gasteiger partial charge in [-0.3, -0.25) is 9.59 Å². The molecular formula is C32H54N4O8. The van der Waals surface area contributed by atoms with Crippen molar-refractivity contribution in [3.8, 4) is 11.5 Å². The molecule has 0 fully saturated rings. The minimum absolute atomic E-state index is 0.259. The van der Waals surface area contributed by atoms with Gasteiger partial charge in [0.2, 0.25) is 0 Å². The van der Waals surface area contributed by atoms with E-state index in [1.54, 1.807) is 6.07 Å². The molecule has 1 rings (SSSR count). The SMILES string of the molecule is CN(C)CCNC(=O)c1cc(C=O)c(OCCCCCNC(=O)OC(C)(C)C)cc1OCCCCCNC(=O)OC(C)(C)C. The van der Waals surface area contributed by atoms with Crippen molar-refractivity contribution in [1.82, 2.24) is 20.9 Å². The summed E-state index contributed by atoms with van der Waals surface area (Å²) >= 11 is 0. The van der Waals surface area contributed by atoms with Crippen LogP contribution in [0.5, 0.6) is 11.5 Å². The van der Waals surface area contributed by atoms with Crippen molar-refractivity contribution in [3.63, 3.8) is 0 Å². The summed E-state index contributed by atoms with van der Waals surface area (Å²) < 4.78 is 22.4. The molecule has 12 nitrogen and oxygen atoms in total. The van der Waals surface area contributed by atoms with Crippen molar-refractivity contribution < 1.29 is 38.1 Å². The van der Waals surface area contributed by atoms with Gasteiger partial charge in [-0.05, 0) is 100 Å². The second-order valence-electron chi connectivity index (χ2n) is 12.7. The van der Waals surface area contributed by atoms with E-state index in [0.29, 0.717) is 70.0 Å². The van der Waals surface area contributed by atoms with Gasteiger partial charge in [-0.25, -0.2) is 9.59 Å². The number of benzene rings is 1. The molecule has 0 bridgehead atoms. The number of amides is 3. The number of aldehydes is 1. The smallest absolute Gasteiger partial charge is 0.407 e. The second-order valence-corrected chi connectivity index (χ2v) is 12.7. The molecule has 0 aliphatic heterocycles. The Bertz CT molecular complexity index is 1050. The molecule has 0 radical (unpaired) electrons. The molecule has 3 amide bonds. The number of alkyl carbamates (subject to hydrolysis) is 2. The van der Waals surface area contributed by atoms with Crippen LogP contribution in [0, 0.1) is 0 Å². The average Bonchev–Trinajstić information content (AvgIpc) is 2.89. The molecule has 0 saturated heterocycles. The molecule has 250 valence electrons. The summed E-state index contributed by atoms with van der Waals surface area (Å²) in [6.07, 6.45) is 4.25. The zero-order chi connectivity index (χ0) is 33.2. The van der Waals surface area contributed by atoms with Crippen LogP contribution < -0.4 is 25.4 Å². The van der Waals surface area contributed by atoms with Gasteiger partial charge < -0.3 is 39.8 Å². The van der Waals surface area contributed by atoms with Crippen LogP contribution in [0.3, 0.4) is 0 Å². The maximum atomic E-state index is 13.0. The first-order valence-corrected chi connectivity index (χ1v) is 15.4. The lowest BCUT2D eigenvalue weighted by atomic mass is 10.1. The van der Waals surface area contributed by atoms with Gasteiger partial charge in [-0.15, -0.1) is 0 Å². The van der Waals surface area contributed by atoms with Crippen molar-refractivity contribution in [2.75, 3.05) is 53.5 Å². The molecule has 0 heterocycles. The number of unbranched alkanes of at least 4 members (excludes halogenated alkanes) is 4. The van der Waals surface area contributed by atoms with Crippen molar-refractivity contribution >= 4 is 24.4 Å². The first kappa shape index (κ1) is 38.5. The van der Waals surface area contributed by atoms with Crippen molar-refractivity contribution in [1.29, 1.82) is 0 Å². The second kappa shape index (κ2) is 19.7. The molecule has 0 saturated carbocycles. The van der Waals surface area contributed by atoms with Gasteiger partial charge >= 0.3 is 12.2 Å². The van der Waals surface area contributed by atoms with Gasteiger partial charge in [0.15, 0.2) is 6.29 Å². The van der Waals surface area contributed by atoms with Crippen LogP contribution >= 0.6 is 0 Å². The fourth-order valence-corrected chi connectivity index (χ4v) is 3.76. The van der Waals surface area contributed by atoms with Crippen LogP contribution in [0.25, 0.3) is 0 Å². The van der Waals surface area contributed by atoms with Gasteiger partial charge in [0.25, 0.3) is 5.91 Å². The Morgan fingerprint density at radius 2 is 1.20 bits per heavy atom. The van der Waals surface area contributed by atoms with Crippen LogP contribution in [0.4, 0.5) is 9.59 Å². The van der Waals surface area contributed by atoms with Crippen LogP contribution in [0.15, 0.2) is 12.1 Å². The van der Waals surface area contributed by atoms with Crippen LogP contribution in [-0.2, 0) is 9.47 Å². The maximum absolute atomic E-state index is 13.0. The number of nitrogens with one attached hydrogen (secondary N) is 3. The van der Waals surface area contributed by atoms with Gasteiger partial charge in [0.05, 0.1) is 24.3 Å². The van der Waals surface area contributed by atoms with E-state index in [2.05, 4.69) is 16.0 Å². The molecule has 12 heteroatoms. The highest BCUT2D eigenvalue weighted by molar-refractivity contribution is 5.99. The number of carbonyl (C=O) groups excluding carboxylic acids is 4. The molecule has 0 aromatic heterocycles. The Morgan fingerprint density at radius 1 is 0.705 bits per heavy atom. The number of ether oxygens (including phenoxy) is 4. The monoisotopic (exact) mass is 622 g/mol. The molecule has 0 spiro atoms. The summed E-state index contributed by atoms with van der Waals surface area (Å²) in [6.45, 7) is 13.6. The first-order valence-electron chi connectivity index (χ1n) is 15.4. The number of hydrogen-bond acceptors (Lipinski definition) is 9. The number of nitrogens with zero attached hydrogens (tertiary/aromatic N) is 1. The zero-order valence-electron chi connectivity index (χ0n) is 27.9. The van der Waals surface area contributed by atoms with E-state index in [1.165, 1.54) is 6.07 Å². The summed E-state index contributed by atoms with van der Waals surface area (Å²) in [5, 5.41) is 8.34. The molecule has 0 unspecified atom stereocenters. The van der Waals surface area contributed by atoms with E-state index in [9.17, 15) is 19.2 Å². The number of likely N-dealkylation sites (N-methyl/N-ethyl adjacent to an activating group) is 1. The Morgan fingerprint density at radius 3 is 1.66 bits per heavy atom. The van der Waals surface area contributed by atoms with E-state index in [1.807, 2.05) is 60.5 Å². The Hall–Kier alpha value is -3.54. The van der Waals surface area contributed by atoms with E-state index in [4.69, 9.17) is 18.9 Å². The lowest BCUT2D eigenvalue weighted by molar-refractivity contribution is 0.0515. The molecule has 44 heavy (non-hydrogen) atoms. The minimum atomic E-state index is -0.545. The van der Waals surface area contributed by atoms with Crippen LogP contribution in [0.2, 0.25) is 0 Å². The predicted octanol–water partition coefficient (Wildman–Crippen LogP) is 4.94. The Balaban J connectivity index is 2.70. The van der Waals surface area contributed by atoms with E-state index in [-0.39, 0.29) is 17.0 Å². The highest BCUT2D eigenvalue weighted by Crippen LogP contribution is 2.29. The van der Waals surface area contributed by atoms with Gasteiger partial charge in [-0.1, -0.05) is 0 Å². The first-order chi connectivity index (χ1) is 20.6. The fourth-order valence-electron chi connectivity index (χ4n) is 3.76. The average molecular weight is 623 g/mol. The predicted molar refractivity (Wildman–Crippen MR) is 170 cm³/mol. The molecule has 0 aliphatic rings. The molecule has 1 aromatic rings. The van der Waals surface area contributed by atoms with Crippen molar-refractivity contribution in [3.05, 3.63) is 23.3 Å².